The van der Waals surface area contributed by atoms with E-state index in [2.05, 4.69) is 0 Å². The second-order valence-corrected chi connectivity index (χ2v) is 6.92. The average molecular weight is 370 g/mol. The Labute approximate surface area is 156 Å². The van der Waals surface area contributed by atoms with E-state index in [1.54, 1.807) is 12.1 Å². The van der Waals surface area contributed by atoms with Crippen LogP contribution in [0.25, 0.3) is 11.0 Å². The largest absolute Gasteiger partial charge is 0.461 e. The maximum absolute atomic E-state index is 10.3. The molecule has 0 saturated carbocycles. The van der Waals surface area contributed by atoms with E-state index in [1.165, 1.54) is 0 Å². The van der Waals surface area contributed by atoms with E-state index in [0.717, 1.165) is 16.7 Å². The zero-order valence-corrected chi connectivity index (χ0v) is 14.6. The molecule has 1 aliphatic rings. The van der Waals surface area contributed by atoms with Crippen molar-refractivity contribution in [1.29, 1.82) is 0 Å². The molecule has 3 aromatic rings. The van der Waals surface area contributed by atoms with Crippen molar-refractivity contribution in [3.8, 4) is 0 Å². The van der Waals surface area contributed by atoms with Gasteiger partial charge in [-0.05, 0) is 29.3 Å². The Balaban J connectivity index is 1.61. The minimum Gasteiger partial charge on any atom is -0.461 e. The Morgan fingerprint density at radius 3 is 2.37 bits per heavy atom. The lowest BCUT2D eigenvalue weighted by Gasteiger charge is -2.40. The number of benzene rings is 2. The molecule has 1 saturated heterocycles. The molecule has 2 aromatic carbocycles. The van der Waals surface area contributed by atoms with Crippen molar-refractivity contribution in [2.24, 2.45) is 0 Å². The average Bonchev–Trinajstić information content (AvgIpc) is 3.08. The Kier molecular flexibility index (Phi) is 4.99. The molecule has 2 heterocycles. The van der Waals surface area contributed by atoms with Crippen LogP contribution in [0.5, 0.6) is 0 Å². The summed E-state index contributed by atoms with van der Waals surface area (Å²) in [4.78, 5) is 0. The summed E-state index contributed by atoms with van der Waals surface area (Å²) in [6.07, 6.45) is -5.16. The van der Waals surface area contributed by atoms with Crippen LogP contribution in [-0.4, -0.2) is 51.4 Å². The maximum Gasteiger partial charge on any atom is 0.134 e. The van der Waals surface area contributed by atoms with Crippen molar-refractivity contribution in [3.63, 3.8) is 0 Å². The SMILES string of the molecule is OC[C@H]1OC(c2ccc3oc(Cc4ccccc4)cc3c2)C(O)C(O)[C@H]1O. The van der Waals surface area contributed by atoms with E-state index in [4.69, 9.17) is 9.15 Å². The van der Waals surface area contributed by atoms with Gasteiger partial charge in [0.2, 0.25) is 0 Å². The minimum atomic E-state index is -1.39. The third kappa shape index (κ3) is 3.50. The van der Waals surface area contributed by atoms with Crippen LogP contribution < -0.4 is 0 Å². The molecule has 1 fully saturated rings. The van der Waals surface area contributed by atoms with E-state index in [9.17, 15) is 20.4 Å². The molecule has 0 amide bonds. The lowest BCUT2D eigenvalue weighted by molar-refractivity contribution is -0.231. The van der Waals surface area contributed by atoms with Crippen LogP contribution in [0.3, 0.4) is 0 Å². The number of fused-ring (bicyclic) bond motifs is 1. The highest BCUT2D eigenvalue weighted by Gasteiger charge is 2.43. The van der Waals surface area contributed by atoms with Gasteiger partial charge < -0.3 is 29.6 Å². The molecule has 27 heavy (non-hydrogen) atoms. The summed E-state index contributed by atoms with van der Waals surface area (Å²) in [5.41, 5.74) is 2.51. The normalized spacial score (nSPS) is 28.5. The van der Waals surface area contributed by atoms with Gasteiger partial charge in [0.15, 0.2) is 0 Å². The molecule has 1 aromatic heterocycles. The van der Waals surface area contributed by atoms with Crippen molar-refractivity contribution >= 4 is 11.0 Å². The summed E-state index contributed by atoms with van der Waals surface area (Å²) in [6, 6.07) is 17.3. The summed E-state index contributed by atoms with van der Waals surface area (Å²) >= 11 is 0. The zero-order chi connectivity index (χ0) is 19.0. The van der Waals surface area contributed by atoms with Gasteiger partial charge in [0.05, 0.1) is 6.61 Å². The first kappa shape index (κ1) is 18.2. The topological polar surface area (TPSA) is 103 Å². The summed E-state index contributed by atoms with van der Waals surface area (Å²) in [5.74, 6) is 0.821. The Morgan fingerprint density at radius 2 is 1.63 bits per heavy atom. The highest BCUT2D eigenvalue weighted by atomic mass is 16.5. The monoisotopic (exact) mass is 370 g/mol. The number of hydrogen-bond donors (Lipinski definition) is 4. The first-order valence-electron chi connectivity index (χ1n) is 8.93. The molecule has 1 aliphatic heterocycles. The highest BCUT2D eigenvalue weighted by Crippen LogP contribution is 2.34. The Bertz CT molecular complexity index is 903. The molecule has 6 heteroatoms. The fraction of sp³-hybridized carbons (Fsp3) is 0.333. The van der Waals surface area contributed by atoms with Crippen molar-refractivity contribution in [3.05, 3.63) is 71.5 Å². The van der Waals surface area contributed by atoms with E-state index in [1.807, 2.05) is 42.5 Å². The van der Waals surface area contributed by atoms with Crippen LogP contribution >= 0.6 is 0 Å². The molecule has 0 spiro atoms. The molecule has 5 atom stereocenters. The van der Waals surface area contributed by atoms with Gasteiger partial charge >= 0.3 is 0 Å². The third-order valence-corrected chi connectivity index (χ3v) is 5.03. The smallest absolute Gasteiger partial charge is 0.134 e. The van der Waals surface area contributed by atoms with Gasteiger partial charge in [0.1, 0.15) is 41.9 Å². The molecule has 3 unspecified atom stereocenters. The summed E-state index contributed by atoms with van der Waals surface area (Å²) in [5, 5.41) is 40.4. The van der Waals surface area contributed by atoms with Gasteiger partial charge in [-0.15, -0.1) is 0 Å². The number of hydrogen-bond acceptors (Lipinski definition) is 6. The molecule has 0 radical (unpaired) electrons. The standard InChI is InChI=1S/C21H22O6/c22-11-17-18(23)19(24)20(25)21(27-17)13-6-7-16-14(9-13)10-15(26-16)8-12-4-2-1-3-5-12/h1-7,9-10,17-25H,8,11H2/t17-,18+,19?,20?,21?/m1/s1. The predicted octanol–water partition coefficient (Wildman–Crippen LogP) is 1.54. The molecule has 4 N–H and O–H groups in total. The fourth-order valence-electron chi connectivity index (χ4n) is 3.56. The predicted molar refractivity (Wildman–Crippen MR) is 98.2 cm³/mol. The second kappa shape index (κ2) is 7.42. The maximum atomic E-state index is 10.3. The number of ether oxygens (including phenoxy) is 1. The van der Waals surface area contributed by atoms with Gasteiger partial charge in [-0.2, -0.15) is 0 Å². The molecule has 0 bridgehead atoms. The van der Waals surface area contributed by atoms with Crippen molar-refractivity contribution < 1.29 is 29.6 Å². The molecule has 4 rings (SSSR count). The van der Waals surface area contributed by atoms with Crippen molar-refractivity contribution in [1.82, 2.24) is 0 Å². The molecular weight excluding hydrogens is 348 g/mol. The van der Waals surface area contributed by atoms with Gasteiger partial charge in [-0.1, -0.05) is 36.4 Å². The summed E-state index contributed by atoms with van der Waals surface area (Å²) in [7, 11) is 0. The van der Waals surface area contributed by atoms with Crippen LogP contribution in [0, 0.1) is 0 Å². The Morgan fingerprint density at radius 1 is 0.852 bits per heavy atom. The summed E-state index contributed by atoms with van der Waals surface area (Å²) in [6.45, 7) is -0.448. The van der Waals surface area contributed by atoms with Crippen molar-refractivity contribution in [2.45, 2.75) is 36.9 Å². The van der Waals surface area contributed by atoms with Crippen LogP contribution in [0.2, 0.25) is 0 Å². The van der Waals surface area contributed by atoms with Crippen LogP contribution in [0.4, 0.5) is 0 Å². The minimum absolute atomic E-state index is 0.448. The highest BCUT2D eigenvalue weighted by molar-refractivity contribution is 5.79. The molecule has 142 valence electrons. The lowest BCUT2D eigenvalue weighted by atomic mass is 9.91. The van der Waals surface area contributed by atoms with Crippen LogP contribution in [0.15, 0.2) is 59.0 Å². The second-order valence-electron chi connectivity index (χ2n) is 6.92. The van der Waals surface area contributed by atoms with Crippen LogP contribution in [-0.2, 0) is 11.2 Å². The first-order valence-corrected chi connectivity index (χ1v) is 8.93. The molecule has 0 aliphatic carbocycles. The third-order valence-electron chi connectivity index (χ3n) is 5.03. The lowest BCUT2D eigenvalue weighted by Crippen LogP contribution is -2.55. The summed E-state index contributed by atoms with van der Waals surface area (Å²) < 4.78 is 11.5. The zero-order valence-electron chi connectivity index (χ0n) is 14.6. The van der Waals surface area contributed by atoms with Gasteiger partial charge in [0.25, 0.3) is 0 Å². The Hall–Kier alpha value is -2.22. The van der Waals surface area contributed by atoms with Gasteiger partial charge in [-0.25, -0.2) is 0 Å². The van der Waals surface area contributed by atoms with Gasteiger partial charge in [-0.3, -0.25) is 0 Å². The van der Waals surface area contributed by atoms with Crippen molar-refractivity contribution in [2.75, 3.05) is 6.61 Å². The first-order chi connectivity index (χ1) is 13.1. The number of aliphatic hydroxyl groups excluding tert-OH is 4. The molecular formula is C21H22O6. The van der Waals surface area contributed by atoms with Gasteiger partial charge in [0, 0.05) is 11.8 Å². The number of furan rings is 1. The van der Waals surface area contributed by atoms with E-state index in [-0.39, 0.29) is 0 Å². The number of aliphatic hydroxyl groups is 4. The van der Waals surface area contributed by atoms with E-state index < -0.39 is 37.1 Å². The quantitative estimate of drug-likeness (QED) is 0.556. The van der Waals surface area contributed by atoms with E-state index in [0.29, 0.717) is 17.6 Å². The van der Waals surface area contributed by atoms with E-state index >= 15 is 0 Å². The fourth-order valence-corrected chi connectivity index (χ4v) is 3.56. The number of rotatable bonds is 4. The van der Waals surface area contributed by atoms with Crippen LogP contribution in [0.1, 0.15) is 23.0 Å². The molecule has 6 nitrogen and oxygen atoms in total.